The van der Waals surface area contributed by atoms with Crippen LogP contribution in [0.2, 0.25) is 0 Å². The van der Waals surface area contributed by atoms with Crippen molar-refractivity contribution in [1.29, 1.82) is 0 Å². The summed E-state index contributed by atoms with van der Waals surface area (Å²) in [5.74, 6) is 0.176. The molecule has 2 rings (SSSR count). The molecule has 0 saturated heterocycles. The van der Waals surface area contributed by atoms with Gasteiger partial charge in [0.1, 0.15) is 0 Å². The Morgan fingerprint density at radius 3 is 3.00 bits per heavy atom. The van der Waals surface area contributed by atoms with E-state index in [0.29, 0.717) is 12.1 Å². The molecule has 4 nitrogen and oxygen atoms in total. The first kappa shape index (κ1) is 11.8. The van der Waals surface area contributed by atoms with Gasteiger partial charge in [0.2, 0.25) is 5.91 Å². The molecule has 0 bridgehead atoms. The van der Waals surface area contributed by atoms with Crippen LogP contribution in [0.5, 0.6) is 0 Å². The SMILES string of the molecule is CCCN1C(=O)CC(C)Nc2cc(N)ccc21. The Hall–Kier alpha value is -1.71. The minimum atomic E-state index is 0.143. The van der Waals surface area contributed by atoms with Crippen LogP contribution in [0.15, 0.2) is 18.2 Å². The lowest BCUT2D eigenvalue weighted by Gasteiger charge is -2.22. The highest BCUT2D eigenvalue weighted by atomic mass is 16.2. The first-order valence-corrected chi connectivity index (χ1v) is 6.08. The lowest BCUT2D eigenvalue weighted by atomic mass is 10.2. The predicted octanol–water partition coefficient (Wildman–Crippen LogP) is 2.22. The summed E-state index contributed by atoms with van der Waals surface area (Å²) >= 11 is 0. The van der Waals surface area contributed by atoms with Crippen molar-refractivity contribution in [3.05, 3.63) is 18.2 Å². The van der Waals surface area contributed by atoms with Crippen LogP contribution in [0.3, 0.4) is 0 Å². The van der Waals surface area contributed by atoms with Gasteiger partial charge in [0, 0.05) is 24.7 Å². The van der Waals surface area contributed by atoms with E-state index in [0.717, 1.165) is 24.3 Å². The topological polar surface area (TPSA) is 58.4 Å². The van der Waals surface area contributed by atoms with Gasteiger partial charge in [-0.15, -0.1) is 0 Å². The Balaban J connectivity index is 2.44. The van der Waals surface area contributed by atoms with Crippen LogP contribution in [0.1, 0.15) is 26.7 Å². The molecule has 92 valence electrons. The molecule has 1 aliphatic rings. The molecule has 1 atom stereocenters. The molecule has 1 aliphatic heterocycles. The molecule has 4 heteroatoms. The number of hydrogen-bond donors (Lipinski definition) is 2. The van der Waals surface area contributed by atoms with Gasteiger partial charge in [-0.05, 0) is 31.5 Å². The molecule has 0 radical (unpaired) electrons. The number of nitrogens with zero attached hydrogens (tertiary/aromatic N) is 1. The molecule has 17 heavy (non-hydrogen) atoms. The van der Waals surface area contributed by atoms with E-state index in [1.807, 2.05) is 30.0 Å². The van der Waals surface area contributed by atoms with E-state index < -0.39 is 0 Å². The molecule has 1 unspecified atom stereocenters. The van der Waals surface area contributed by atoms with E-state index in [1.54, 1.807) is 0 Å². The van der Waals surface area contributed by atoms with Crippen LogP contribution in [-0.4, -0.2) is 18.5 Å². The number of amides is 1. The second-order valence-electron chi connectivity index (χ2n) is 4.57. The molecule has 0 fully saturated rings. The summed E-state index contributed by atoms with van der Waals surface area (Å²) in [6.45, 7) is 4.84. The van der Waals surface area contributed by atoms with Gasteiger partial charge in [-0.25, -0.2) is 0 Å². The van der Waals surface area contributed by atoms with E-state index in [1.165, 1.54) is 0 Å². The zero-order chi connectivity index (χ0) is 12.4. The van der Waals surface area contributed by atoms with Crippen molar-refractivity contribution >= 4 is 23.0 Å². The number of fused-ring (bicyclic) bond motifs is 1. The number of nitrogens with two attached hydrogens (primary N) is 1. The molecule has 0 spiro atoms. The monoisotopic (exact) mass is 233 g/mol. The smallest absolute Gasteiger partial charge is 0.229 e. The average Bonchev–Trinajstić information content (AvgIpc) is 2.36. The van der Waals surface area contributed by atoms with Crippen LogP contribution in [-0.2, 0) is 4.79 Å². The quantitative estimate of drug-likeness (QED) is 0.770. The predicted molar refractivity (Wildman–Crippen MR) is 71.2 cm³/mol. The highest BCUT2D eigenvalue weighted by Crippen LogP contribution is 2.32. The van der Waals surface area contributed by atoms with E-state index in [9.17, 15) is 4.79 Å². The number of nitrogen functional groups attached to an aromatic ring is 1. The third-order valence-corrected chi connectivity index (χ3v) is 2.94. The van der Waals surface area contributed by atoms with Crippen molar-refractivity contribution in [2.24, 2.45) is 0 Å². The maximum absolute atomic E-state index is 12.1. The van der Waals surface area contributed by atoms with Gasteiger partial charge >= 0.3 is 0 Å². The second-order valence-corrected chi connectivity index (χ2v) is 4.57. The Morgan fingerprint density at radius 1 is 1.53 bits per heavy atom. The van der Waals surface area contributed by atoms with Crippen molar-refractivity contribution in [2.45, 2.75) is 32.7 Å². The number of carbonyl (C=O) groups is 1. The Morgan fingerprint density at radius 2 is 2.29 bits per heavy atom. The van der Waals surface area contributed by atoms with Crippen molar-refractivity contribution in [3.63, 3.8) is 0 Å². The zero-order valence-corrected chi connectivity index (χ0v) is 10.4. The van der Waals surface area contributed by atoms with Crippen molar-refractivity contribution in [3.8, 4) is 0 Å². The summed E-state index contributed by atoms with van der Waals surface area (Å²) in [4.78, 5) is 14.0. The highest BCUT2D eigenvalue weighted by molar-refractivity contribution is 5.99. The summed E-state index contributed by atoms with van der Waals surface area (Å²) in [6.07, 6.45) is 1.47. The number of anilines is 3. The number of benzene rings is 1. The largest absolute Gasteiger partial charge is 0.399 e. The van der Waals surface area contributed by atoms with Gasteiger partial charge in [0.15, 0.2) is 0 Å². The van der Waals surface area contributed by atoms with Gasteiger partial charge in [0.25, 0.3) is 0 Å². The molecule has 1 heterocycles. The summed E-state index contributed by atoms with van der Waals surface area (Å²) in [5.41, 5.74) is 8.40. The summed E-state index contributed by atoms with van der Waals surface area (Å²) in [6, 6.07) is 5.80. The normalized spacial score (nSPS) is 19.5. The van der Waals surface area contributed by atoms with E-state index >= 15 is 0 Å². The lowest BCUT2D eigenvalue weighted by molar-refractivity contribution is -0.118. The fourth-order valence-electron chi connectivity index (χ4n) is 2.20. The van der Waals surface area contributed by atoms with Crippen LogP contribution in [0.25, 0.3) is 0 Å². The molecule has 1 aromatic rings. The van der Waals surface area contributed by atoms with Crippen molar-refractivity contribution in [2.75, 3.05) is 22.5 Å². The minimum absolute atomic E-state index is 0.143. The molecule has 3 N–H and O–H groups in total. The van der Waals surface area contributed by atoms with Crippen LogP contribution < -0.4 is 16.0 Å². The third kappa shape index (κ3) is 2.35. The average molecular weight is 233 g/mol. The first-order valence-electron chi connectivity index (χ1n) is 6.08. The lowest BCUT2D eigenvalue weighted by Crippen LogP contribution is -2.32. The zero-order valence-electron chi connectivity index (χ0n) is 10.4. The van der Waals surface area contributed by atoms with Gasteiger partial charge in [0.05, 0.1) is 11.4 Å². The van der Waals surface area contributed by atoms with Gasteiger partial charge in [-0.1, -0.05) is 6.92 Å². The van der Waals surface area contributed by atoms with E-state index in [2.05, 4.69) is 12.2 Å². The minimum Gasteiger partial charge on any atom is -0.399 e. The summed E-state index contributed by atoms with van der Waals surface area (Å²) in [7, 11) is 0. The summed E-state index contributed by atoms with van der Waals surface area (Å²) < 4.78 is 0. The first-order chi connectivity index (χ1) is 8.11. The molecule has 0 aliphatic carbocycles. The number of hydrogen-bond acceptors (Lipinski definition) is 3. The molecule has 1 aromatic carbocycles. The van der Waals surface area contributed by atoms with E-state index in [-0.39, 0.29) is 11.9 Å². The Kier molecular flexibility index (Phi) is 3.22. The molecular formula is C13H19N3O. The van der Waals surface area contributed by atoms with Crippen molar-refractivity contribution in [1.82, 2.24) is 0 Å². The number of carbonyl (C=O) groups excluding carboxylic acids is 1. The van der Waals surface area contributed by atoms with Crippen molar-refractivity contribution < 1.29 is 4.79 Å². The highest BCUT2D eigenvalue weighted by Gasteiger charge is 2.24. The second kappa shape index (κ2) is 4.65. The Labute approximate surface area is 102 Å². The van der Waals surface area contributed by atoms with Gasteiger partial charge in [-0.2, -0.15) is 0 Å². The van der Waals surface area contributed by atoms with Crippen LogP contribution in [0.4, 0.5) is 17.1 Å². The fraction of sp³-hybridized carbons (Fsp3) is 0.462. The molecule has 0 aromatic heterocycles. The number of rotatable bonds is 2. The molecule has 0 saturated carbocycles. The van der Waals surface area contributed by atoms with Crippen LogP contribution >= 0.6 is 0 Å². The van der Waals surface area contributed by atoms with Gasteiger partial charge < -0.3 is 16.0 Å². The maximum Gasteiger partial charge on any atom is 0.229 e. The standard InChI is InChI=1S/C13H19N3O/c1-3-6-16-12-5-4-10(14)8-11(12)15-9(2)7-13(16)17/h4-5,8-9,15H,3,6-7,14H2,1-2H3. The van der Waals surface area contributed by atoms with E-state index in [4.69, 9.17) is 5.73 Å². The van der Waals surface area contributed by atoms with Crippen LogP contribution in [0, 0.1) is 0 Å². The maximum atomic E-state index is 12.1. The fourth-order valence-corrected chi connectivity index (χ4v) is 2.20. The Bertz CT molecular complexity index is 431. The summed E-state index contributed by atoms with van der Waals surface area (Å²) in [5, 5.41) is 3.34. The number of nitrogens with one attached hydrogen (secondary N) is 1. The molecular weight excluding hydrogens is 214 g/mol. The molecule has 1 amide bonds. The third-order valence-electron chi connectivity index (χ3n) is 2.94. The van der Waals surface area contributed by atoms with Gasteiger partial charge in [-0.3, -0.25) is 4.79 Å².